The van der Waals surface area contributed by atoms with Crippen molar-refractivity contribution in [1.82, 2.24) is 9.97 Å². The van der Waals surface area contributed by atoms with Crippen LogP contribution in [-0.4, -0.2) is 15.8 Å². The van der Waals surface area contributed by atoms with Crippen molar-refractivity contribution in [3.8, 4) is 0 Å². The molecule has 0 aliphatic carbocycles. The Morgan fingerprint density at radius 3 is 3.00 bits per heavy atom. The Hall–Kier alpha value is -1.64. The summed E-state index contributed by atoms with van der Waals surface area (Å²) >= 11 is 0. The van der Waals surface area contributed by atoms with E-state index in [9.17, 15) is 4.79 Å². The van der Waals surface area contributed by atoms with Crippen LogP contribution in [0, 0.1) is 6.92 Å². The number of H-pyrrole nitrogens is 1. The molecule has 3 heteroatoms. The molecule has 0 saturated heterocycles. The minimum Gasteiger partial charge on any atom is -0.354 e. The molecule has 0 radical (unpaired) electrons. The first kappa shape index (κ1) is 7.98. The van der Waals surface area contributed by atoms with E-state index in [1.807, 2.05) is 19.1 Å². The molecular formula is C10H10N2O. The average Bonchev–Trinajstić information content (AvgIpc) is 2.45. The summed E-state index contributed by atoms with van der Waals surface area (Å²) in [6.07, 6.45) is 1.73. The molecule has 0 spiro atoms. The van der Waals surface area contributed by atoms with Gasteiger partial charge in [-0.3, -0.25) is 9.78 Å². The molecule has 2 rings (SSSR count). The lowest BCUT2D eigenvalue weighted by molar-refractivity contribution is 0.101. The number of carbonyl (C=O) groups excluding carboxylic acids is 1. The minimum absolute atomic E-state index is 0.0473. The van der Waals surface area contributed by atoms with Gasteiger partial charge in [-0.25, -0.2) is 0 Å². The lowest BCUT2D eigenvalue weighted by atomic mass is 10.2. The third-order valence-electron chi connectivity index (χ3n) is 2.10. The summed E-state index contributed by atoms with van der Waals surface area (Å²) in [5.74, 6) is 0.0473. The Morgan fingerprint density at radius 1 is 1.54 bits per heavy atom. The van der Waals surface area contributed by atoms with Crippen LogP contribution >= 0.6 is 0 Å². The van der Waals surface area contributed by atoms with Crippen molar-refractivity contribution in [2.45, 2.75) is 13.8 Å². The van der Waals surface area contributed by atoms with Gasteiger partial charge >= 0.3 is 0 Å². The van der Waals surface area contributed by atoms with Gasteiger partial charge in [-0.1, -0.05) is 0 Å². The first-order valence-electron chi connectivity index (χ1n) is 4.14. The molecule has 2 heterocycles. The average molecular weight is 174 g/mol. The molecule has 0 aliphatic rings. The Labute approximate surface area is 75.8 Å². The molecule has 0 fully saturated rings. The molecule has 0 bridgehead atoms. The van der Waals surface area contributed by atoms with Crippen LogP contribution in [0.2, 0.25) is 0 Å². The molecule has 66 valence electrons. The molecule has 0 amide bonds. The van der Waals surface area contributed by atoms with Crippen LogP contribution in [0.1, 0.15) is 23.1 Å². The monoisotopic (exact) mass is 174 g/mol. The van der Waals surface area contributed by atoms with E-state index in [2.05, 4.69) is 9.97 Å². The summed E-state index contributed by atoms with van der Waals surface area (Å²) in [6.45, 7) is 3.47. The molecule has 0 aromatic carbocycles. The SMILES string of the molecule is CC(=O)c1[nH]c(C)c2ncccc12. The Kier molecular flexibility index (Phi) is 1.65. The van der Waals surface area contributed by atoms with Crippen molar-refractivity contribution >= 4 is 16.7 Å². The van der Waals surface area contributed by atoms with Gasteiger partial charge in [-0.2, -0.15) is 0 Å². The van der Waals surface area contributed by atoms with Gasteiger partial charge in [0.05, 0.1) is 11.2 Å². The van der Waals surface area contributed by atoms with Crippen LogP contribution in [0.3, 0.4) is 0 Å². The zero-order chi connectivity index (χ0) is 9.42. The van der Waals surface area contributed by atoms with Crippen LogP contribution in [0.5, 0.6) is 0 Å². The van der Waals surface area contributed by atoms with Gasteiger partial charge in [0.2, 0.25) is 0 Å². The van der Waals surface area contributed by atoms with E-state index in [0.29, 0.717) is 5.69 Å². The highest BCUT2D eigenvalue weighted by molar-refractivity contribution is 6.05. The number of fused-ring (bicyclic) bond motifs is 1. The number of ketones is 1. The number of aromatic nitrogens is 2. The molecular weight excluding hydrogens is 164 g/mol. The van der Waals surface area contributed by atoms with Gasteiger partial charge in [0.1, 0.15) is 0 Å². The molecule has 2 aromatic rings. The number of aromatic amines is 1. The summed E-state index contributed by atoms with van der Waals surface area (Å²) in [6, 6.07) is 3.74. The number of nitrogens with zero attached hydrogens (tertiary/aromatic N) is 1. The lowest BCUT2D eigenvalue weighted by Crippen LogP contribution is -1.92. The summed E-state index contributed by atoms with van der Waals surface area (Å²) in [4.78, 5) is 18.5. The van der Waals surface area contributed by atoms with Crippen molar-refractivity contribution in [1.29, 1.82) is 0 Å². The zero-order valence-electron chi connectivity index (χ0n) is 7.59. The molecule has 0 aliphatic heterocycles. The van der Waals surface area contributed by atoms with Gasteiger partial charge in [0.15, 0.2) is 5.78 Å². The van der Waals surface area contributed by atoms with Gasteiger partial charge in [-0.15, -0.1) is 0 Å². The molecule has 3 nitrogen and oxygen atoms in total. The molecule has 0 saturated carbocycles. The number of carbonyl (C=O) groups is 1. The van der Waals surface area contributed by atoms with Gasteiger partial charge < -0.3 is 4.98 Å². The summed E-state index contributed by atoms with van der Waals surface area (Å²) < 4.78 is 0. The van der Waals surface area contributed by atoms with E-state index in [-0.39, 0.29) is 5.78 Å². The van der Waals surface area contributed by atoms with Crippen molar-refractivity contribution in [3.05, 3.63) is 29.7 Å². The second-order valence-corrected chi connectivity index (χ2v) is 3.08. The van der Waals surface area contributed by atoms with Crippen LogP contribution in [0.15, 0.2) is 18.3 Å². The second-order valence-electron chi connectivity index (χ2n) is 3.08. The van der Waals surface area contributed by atoms with Gasteiger partial charge in [0, 0.05) is 24.2 Å². The number of rotatable bonds is 1. The summed E-state index contributed by atoms with van der Waals surface area (Å²) in [5, 5.41) is 0.910. The number of Topliss-reactive ketones (excluding diaryl/α,β-unsaturated/α-hetero) is 1. The topological polar surface area (TPSA) is 45.8 Å². The fourth-order valence-corrected chi connectivity index (χ4v) is 1.50. The number of hydrogen-bond donors (Lipinski definition) is 1. The zero-order valence-corrected chi connectivity index (χ0v) is 7.59. The third kappa shape index (κ3) is 1.13. The van der Waals surface area contributed by atoms with Crippen LogP contribution in [0.25, 0.3) is 10.9 Å². The van der Waals surface area contributed by atoms with Gasteiger partial charge in [-0.05, 0) is 19.1 Å². The predicted octanol–water partition coefficient (Wildman–Crippen LogP) is 2.07. The number of nitrogens with one attached hydrogen (secondary N) is 1. The largest absolute Gasteiger partial charge is 0.354 e. The first-order valence-corrected chi connectivity index (χ1v) is 4.14. The maximum Gasteiger partial charge on any atom is 0.176 e. The number of hydrogen-bond acceptors (Lipinski definition) is 2. The van der Waals surface area contributed by atoms with Crippen molar-refractivity contribution in [3.63, 3.8) is 0 Å². The molecule has 0 atom stereocenters. The second kappa shape index (κ2) is 2.69. The highest BCUT2D eigenvalue weighted by Gasteiger charge is 2.10. The summed E-state index contributed by atoms with van der Waals surface area (Å²) in [5.41, 5.74) is 2.48. The number of pyridine rings is 1. The predicted molar refractivity (Wildman–Crippen MR) is 50.8 cm³/mol. The Balaban J connectivity index is 2.85. The van der Waals surface area contributed by atoms with E-state index in [0.717, 1.165) is 16.6 Å². The lowest BCUT2D eigenvalue weighted by Gasteiger charge is -1.90. The highest BCUT2D eigenvalue weighted by atomic mass is 16.1. The van der Waals surface area contributed by atoms with Crippen LogP contribution in [-0.2, 0) is 0 Å². The molecule has 2 aromatic heterocycles. The molecule has 0 unspecified atom stereocenters. The normalized spacial score (nSPS) is 10.6. The van der Waals surface area contributed by atoms with Gasteiger partial charge in [0.25, 0.3) is 0 Å². The Morgan fingerprint density at radius 2 is 2.31 bits per heavy atom. The quantitative estimate of drug-likeness (QED) is 0.673. The van der Waals surface area contributed by atoms with E-state index in [4.69, 9.17) is 0 Å². The van der Waals surface area contributed by atoms with E-state index < -0.39 is 0 Å². The number of aryl methyl sites for hydroxylation is 1. The minimum atomic E-state index is 0.0473. The Bertz CT molecular complexity index is 471. The summed E-state index contributed by atoms with van der Waals surface area (Å²) in [7, 11) is 0. The van der Waals surface area contributed by atoms with Crippen LogP contribution < -0.4 is 0 Å². The standard InChI is InChI=1S/C10H10N2O/c1-6-9-8(4-3-5-11-9)10(12-6)7(2)13/h3-5,12H,1-2H3. The van der Waals surface area contributed by atoms with Crippen LogP contribution in [0.4, 0.5) is 0 Å². The smallest absolute Gasteiger partial charge is 0.176 e. The van der Waals surface area contributed by atoms with Crippen molar-refractivity contribution in [2.75, 3.05) is 0 Å². The van der Waals surface area contributed by atoms with Crippen molar-refractivity contribution < 1.29 is 4.79 Å². The van der Waals surface area contributed by atoms with E-state index in [1.165, 1.54) is 0 Å². The highest BCUT2D eigenvalue weighted by Crippen LogP contribution is 2.19. The maximum atomic E-state index is 11.2. The fourth-order valence-electron chi connectivity index (χ4n) is 1.50. The van der Waals surface area contributed by atoms with Crippen molar-refractivity contribution in [2.24, 2.45) is 0 Å². The van der Waals surface area contributed by atoms with E-state index in [1.54, 1.807) is 13.1 Å². The first-order chi connectivity index (χ1) is 6.20. The van der Waals surface area contributed by atoms with E-state index >= 15 is 0 Å². The third-order valence-corrected chi connectivity index (χ3v) is 2.10. The molecule has 1 N–H and O–H groups in total. The molecule has 13 heavy (non-hydrogen) atoms. The fraction of sp³-hybridized carbons (Fsp3) is 0.200. The maximum absolute atomic E-state index is 11.2.